The second-order valence-electron chi connectivity index (χ2n) is 2.03. The van der Waals surface area contributed by atoms with Gasteiger partial charge in [0, 0.05) is 0 Å². The summed E-state index contributed by atoms with van der Waals surface area (Å²) in [6.07, 6.45) is 11.8. The fourth-order valence-corrected chi connectivity index (χ4v) is 0.523. The molecule has 0 aliphatic carbocycles. The van der Waals surface area contributed by atoms with E-state index < -0.39 is 0 Å². The van der Waals surface area contributed by atoms with E-state index in [0.29, 0.717) is 0 Å². The van der Waals surface area contributed by atoms with Gasteiger partial charge in [-0.1, -0.05) is 56.0 Å². The average Bonchev–Trinajstić information content (AvgIpc) is 1.97. The summed E-state index contributed by atoms with van der Waals surface area (Å²) in [7, 11) is 0. The molecule has 0 aliphatic rings. The fraction of sp³-hybridized carbons (Fsp3) is 0.273. The largest absolute Gasteiger partial charge is 0.0991 e. The SMILES string of the molecule is C.C=C\C=C/C(C)=C\C=C/C. The third-order valence-corrected chi connectivity index (χ3v) is 1.05. The van der Waals surface area contributed by atoms with E-state index >= 15 is 0 Å². The summed E-state index contributed by atoms with van der Waals surface area (Å²) in [5.74, 6) is 0. The topological polar surface area (TPSA) is 0 Å². The van der Waals surface area contributed by atoms with Crippen LogP contribution in [0.4, 0.5) is 0 Å². The summed E-state index contributed by atoms with van der Waals surface area (Å²) >= 11 is 0. The molecule has 0 fully saturated rings. The first-order valence-electron chi connectivity index (χ1n) is 3.40. The van der Waals surface area contributed by atoms with E-state index in [0.717, 1.165) is 0 Å². The zero-order valence-corrected chi connectivity index (χ0v) is 6.67. The minimum absolute atomic E-state index is 0. The van der Waals surface area contributed by atoms with Crippen molar-refractivity contribution in [1.82, 2.24) is 0 Å². The molecule has 62 valence electrons. The molecule has 0 spiro atoms. The molecule has 0 nitrogen and oxygen atoms in total. The molecule has 0 aromatic heterocycles. The first-order chi connectivity index (χ1) is 4.81. The van der Waals surface area contributed by atoms with Crippen LogP contribution in [-0.4, -0.2) is 0 Å². The number of hydrogen-bond donors (Lipinski definition) is 0. The lowest BCUT2D eigenvalue weighted by molar-refractivity contribution is 1.52. The Labute approximate surface area is 70.6 Å². The monoisotopic (exact) mass is 150 g/mol. The van der Waals surface area contributed by atoms with Gasteiger partial charge in [0.05, 0.1) is 0 Å². The van der Waals surface area contributed by atoms with Gasteiger partial charge in [0.2, 0.25) is 0 Å². The molecule has 0 radical (unpaired) electrons. The highest BCUT2D eigenvalue weighted by Crippen LogP contribution is 1.94. The van der Waals surface area contributed by atoms with Gasteiger partial charge >= 0.3 is 0 Å². The third-order valence-electron chi connectivity index (χ3n) is 1.05. The summed E-state index contributed by atoms with van der Waals surface area (Å²) in [6.45, 7) is 7.64. The number of allylic oxidation sites excluding steroid dienone is 7. The Balaban J connectivity index is 0. The van der Waals surface area contributed by atoms with Crippen LogP contribution in [0.15, 0.2) is 48.6 Å². The van der Waals surface area contributed by atoms with Gasteiger partial charge in [-0.05, 0) is 13.8 Å². The van der Waals surface area contributed by atoms with E-state index in [2.05, 4.69) is 19.6 Å². The van der Waals surface area contributed by atoms with Crippen molar-refractivity contribution in [1.29, 1.82) is 0 Å². The smallest absolute Gasteiger partial charge is 0.0398 e. The van der Waals surface area contributed by atoms with Crippen molar-refractivity contribution in [2.24, 2.45) is 0 Å². The molecule has 0 saturated carbocycles. The van der Waals surface area contributed by atoms with Gasteiger partial charge in [-0.15, -0.1) is 0 Å². The van der Waals surface area contributed by atoms with Crippen molar-refractivity contribution in [2.45, 2.75) is 21.3 Å². The van der Waals surface area contributed by atoms with E-state index in [1.807, 2.05) is 31.2 Å². The van der Waals surface area contributed by atoms with Crippen molar-refractivity contribution in [3.63, 3.8) is 0 Å². The predicted molar refractivity (Wildman–Crippen MR) is 54.6 cm³/mol. The lowest BCUT2D eigenvalue weighted by Crippen LogP contribution is -1.63. The summed E-state index contributed by atoms with van der Waals surface area (Å²) in [5, 5.41) is 0. The maximum atomic E-state index is 3.58. The fourth-order valence-electron chi connectivity index (χ4n) is 0.523. The Morgan fingerprint density at radius 3 is 2.36 bits per heavy atom. The molecule has 0 atom stereocenters. The van der Waals surface area contributed by atoms with Crippen LogP contribution in [0.2, 0.25) is 0 Å². The normalized spacial score (nSPS) is 12.0. The Morgan fingerprint density at radius 1 is 1.27 bits per heavy atom. The van der Waals surface area contributed by atoms with Gasteiger partial charge in [0.25, 0.3) is 0 Å². The Kier molecular flexibility index (Phi) is 10.3. The van der Waals surface area contributed by atoms with Crippen molar-refractivity contribution in [2.75, 3.05) is 0 Å². The average molecular weight is 150 g/mol. The molecule has 0 aromatic rings. The van der Waals surface area contributed by atoms with Crippen molar-refractivity contribution in [3.8, 4) is 0 Å². The zero-order chi connectivity index (χ0) is 7.82. The summed E-state index contributed by atoms with van der Waals surface area (Å²) < 4.78 is 0. The van der Waals surface area contributed by atoms with Gasteiger partial charge in [0.1, 0.15) is 0 Å². The maximum Gasteiger partial charge on any atom is -0.0398 e. The number of hydrogen-bond acceptors (Lipinski definition) is 0. The molecular formula is C11H18. The van der Waals surface area contributed by atoms with Gasteiger partial charge < -0.3 is 0 Å². The molecule has 0 bridgehead atoms. The molecule has 0 amide bonds. The minimum Gasteiger partial charge on any atom is -0.0991 e. The van der Waals surface area contributed by atoms with Gasteiger partial charge in [0.15, 0.2) is 0 Å². The number of rotatable bonds is 3. The van der Waals surface area contributed by atoms with Crippen LogP contribution in [0.3, 0.4) is 0 Å². The molecule has 11 heavy (non-hydrogen) atoms. The molecule has 0 unspecified atom stereocenters. The van der Waals surface area contributed by atoms with Crippen LogP contribution in [-0.2, 0) is 0 Å². The maximum absolute atomic E-state index is 3.58. The van der Waals surface area contributed by atoms with Crippen LogP contribution in [0.5, 0.6) is 0 Å². The van der Waals surface area contributed by atoms with Crippen LogP contribution in [0.1, 0.15) is 21.3 Å². The van der Waals surface area contributed by atoms with Crippen LogP contribution >= 0.6 is 0 Å². The molecule has 0 heterocycles. The van der Waals surface area contributed by atoms with Gasteiger partial charge in [-0.2, -0.15) is 0 Å². The van der Waals surface area contributed by atoms with Crippen LogP contribution < -0.4 is 0 Å². The van der Waals surface area contributed by atoms with Crippen molar-refractivity contribution >= 4 is 0 Å². The lowest BCUT2D eigenvalue weighted by atomic mass is 10.2. The highest BCUT2D eigenvalue weighted by atomic mass is 13.8. The quantitative estimate of drug-likeness (QED) is 0.535. The van der Waals surface area contributed by atoms with E-state index in [1.165, 1.54) is 5.57 Å². The second-order valence-corrected chi connectivity index (χ2v) is 2.03. The van der Waals surface area contributed by atoms with E-state index in [-0.39, 0.29) is 7.43 Å². The van der Waals surface area contributed by atoms with E-state index in [4.69, 9.17) is 0 Å². The van der Waals surface area contributed by atoms with Gasteiger partial charge in [-0.25, -0.2) is 0 Å². The summed E-state index contributed by atoms with van der Waals surface area (Å²) in [4.78, 5) is 0. The summed E-state index contributed by atoms with van der Waals surface area (Å²) in [5.41, 5.74) is 1.23. The molecule has 0 N–H and O–H groups in total. The summed E-state index contributed by atoms with van der Waals surface area (Å²) in [6, 6.07) is 0. The molecule has 0 aliphatic heterocycles. The first kappa shape index (κ1) is 12.6. The van der Waals surface area contributed by atoms with Crippen molar-refractivity contribution in [3.05, 3.63) is 48.6 Å². The third kappa shape index (κ3) is 8.96. The van der Waals surface area contributed by atoms with Crippen LogP contribution in [0.25, 0.3) is 0 Å². The molecule has 0 rings (SSSR count). The Bertz CT molecular complexity index is 168. The zero-order valence-electron chi connectivity index (χ0n) is 6.67. The second kappa shape index (κ2) is 8.96. The molecule has 0 aromatic carbocycles. The Hall–Kier alpha value is -1.04. The lowest BCUT2D eigenvalue weighted by Gasteiger charge is -1.84. The minimum atomic E-state index is 0. The predicted octanol–water partition coefficient (Wildman–Crippen LogP) is 3.89. The molecule has 0 saturated heterocycles. The van der Waals surface area contributed by atoms with E-state index in [1.54, 1.807) is 6.08 Å². The Morgan fingerprint density at radius 2 is 1.91 bits per heavy atom. The van der Waals surface area contributed by atoms with Crippen LogP contribution in [0, 0.1) is 0 Å². The van der Waals surface area contributed by atoms with E-state index in [9.17, 15) is 0 Å². The first-order valence-corrected chi connectivity index (χ1v) is 3.40. The highest BCUT2D eigenvalue weighted by Gasteiger charge is 1.73. The van der Waals surface area contributed by atoms with Crippen molar-refractivity contribution < 1.29 is 0 Å². The molecule has 0 heteroatoms. The molecular weight excluding hydrogens is 132 g/mol. The standard InChI is InChI=1S/C10H14.CH4/c1-4-6-8-10(3)9-7-5-2;/h4-9H,1H2,2-3H3;1H4/b7-5-,8-6-,10-9-;. The highest BCUT2D eigenvalue weighted by molar-refractivity contribution is 5.23. The van der Waals surface area contributed by atoms with Gasteiger partial charge in [-0.3, -0.25) is 0 Å².